The van der Waals surface area contributed by atoms with Crippen molar-refractivity contribution in [1.82, 2.24) is 0 Å². The minimum atomic E-state index is 0.0671. The van der Waals surface area contributed by atoms with Crippen molar-refractivity contribution in [2.75, 3.05) is 6.61 Å². The summed E-state index contributed by atoms with van der Waals surface area (Å²) in [6.07, 6.45) is 6.86. The van der Waals surface area contributed by atoms with Gasteiger partial charge >= 0.3 is 0 Å². The van der Waals surface area contributed by atoms with Crippen molar-refractivity contribution >= 4 is 6.29 Å². The predicted molar refractivity (Wildman–Crippen MR) is 59.5 cm³/mol. The molecule has 2 nitrogen and oxygen atoms in total. The Balaban J connectivity index is 3.87. The standard InChI is InChI=1S/C12H24O2/c1-4-9-12(5-2,6-3)14-11-8-7-10-13/h10H,4-9,11H2,1-3H3. The van der Waals surface area contributed by atoms with Gasteiger partial charge < -0.3 is 9.53 Å². The van der Waals surface area contributed by atoms with Gasteiger partial charge in [-0.15, -0.1) is 0 Å². The van der Waals surface area contributed by atoms with Crippen molar-refractivity contribution in [2.24, 2.45) is 0 Å². The normalized spacial score (nSPS) is 11.6. The van der Waals surface area contributed by atoms with Gasteiger partial charge in [0.15, 0.2) is 0 Å². The van der Waals surface area contributed by atoms with Gasteiger partial charge in [0.2, 0.25) is 0 Å². The van der Waals surface area contributed by atoms with Gasteiger partial charge in [-0.1, -0.05) is 27.2 Å². The number of hydrogen-bond acceptors (Lipinski definition) is 2. The molecule has 0 unspecified atom stereocenters. The van der Waals surface area contributed by atoms with E-state index >= 15 is 0 Å². The van der Waals surface area contributed by atoms with Gasteiger partial charge in [0.05, 0.1) is 5.60 Å². The minimum absolute atomic E-state index is 0.0671. The van der Waals surface area contributed by atoms with E-state index in [4.69, 9.17) is 4.74 Å². The first-order chi connectivity index (χ1) is 6.74. The molecule has 0 bridgehead atoms. The van der Waals surface area contributed by atoms with E-state index < -0.39 is 0 Å². The SMILES string of the molecule is CCCC(CC)(CC)OCCCC=O. The van der Waals surface area contributed by atoms with Crippen LogP contribution in [0.4, 0.5) is 0 Å². The summed E-state index contributed by atoms with van der Waals surface area (Å²) in [4.78, 5) is 10.1. The molecule has 84 valence electrons. The van der Waals surface area contributed by atoms with E-state index in [2.05, 4.69) is 20.8 Å². The molecule has 0 aliphatic carbocycles. The van der Waals surface area contributed by atoms with Crippen LogP contribution in [-0.2, 0) is 9.53 Å². The number of ether oxygens (including phenoxy) is 1. The van der Waals surface area contributed by atoms with Crippen molar-refractivity contribution in [3.8, 4) is 0 Å². The molecule has 0 aromatic carbocycles. The highest BCUT2D eigenvalue weighted by Crippen LogP contribution is 2.26. The molecule has 0 heterocycles. The van der Waals surface area contributed by atoms with Crippen LogP contribution in [0.1, 0.15) is 59.3 Å². The van der Waals surface area contributed by atoms with E-state index in [9.17, 15) is 4.79 Å². The summed E-state index contributed by atoms with van der Waals surface area (Å²) in [5, 5.41) is 0. The molecule has 0 amide bonds. The highest BCUT2D eigenvalue weighted by atomic mass is 16.5. The lowest BCUT2D eigenvalue weighted by molar-refractivity contribution is -0.109. The van der Waals surface area contributed by atoms with Crippen LogP contribution in [0.2, 0.25) is 0 Å². The van der Waals surface area contributed by atoms with E-state index in [1.807, 2.05) is 0 Å². The molecule has 0 atom stereocenters. The first-order valence-corrected chi connectivity index (χ1v) is 5.82. The molecule has 0 N–H and O–H groups in total. The maximum absolute atomic E-state index is 10.1. The molecule has 14 heavy (non-hydrogen) atoms. The monoisotopic (exact) mass is 200 g/mol. The second-order valence-corrected chi connectivity index (χ2v) is 3.80. The molecule has 0 aliphatic rings. The van der Waals surface area contributed by atoms with Crippen molar-refractivity contribution in [1.29, 1.82) is 0 Å². The number of hydrogen-bond donors (Lipinski definition) is 0. The Bertz CT molecular complexity index is 139. The third kappa shape index (κ3) is 4.75. The molecule has 0 fully saturated rings. The second kappa shape index (κ2) is 7.98. The molecule has 0 saturated carbocycles. The Kier molecular flexibility index (Phi) is 7.77. The largest absolute Gasteiger partial charge is 0.375 e. The molecular weight excluding hydrogens is 176 g/mol. The summed E-state index contributed by atoms with van der Waals surface area (Å²) in [6, 6.07) is 0. The van der Waals surface area contributed by atoms with Crippen LogP contribution in [0.5, 0.6) is 0 Å². The molecule has 0 radical (unpaired) electrons. The average molecular weight is 200 g/mol. The van der Waals surface area contributed by atoms with E-state index in [0.29, 0.717) is 6.42 Å². The van der Waals surface area contributed by atoms with Gasteiger partial charge in [0, 0.05) is 13.0 Å². The Morgan fingerprint density at radius 1 is 1.21 bits per heavy atom. The van der Waals surface area contributed by atoms with Gasteiger partial charge in [0.25, 0.3) is 0 Å². The van der Waals surface area contributed by atoms with Crippen LogP contribution in [-0.4, -0.2) is 18.5 Å². The van der Waals surface area contributed by atoms with Gasteiger partial charge in [-0.25, -0.2) is 0 Å². The summed E-state index contributed by atoms with van der Waals surface area (Å²) in [5.74, 6) is 0. The number of carbonyl (C=O) groups is 1. The fourth-order valence-electron chi connectivity index (χ4n) is 1.79. The Morgan fingerprint density at radius 3 is 2.29 bits per heavy atom. The summed E-state index contributed by atoms with van der Waals surface area (Å²) < 4.78 is 5.91. The number of carbonyl (C=O) groups excluding carboxylic acids is 1. The van der Waals surface area contributed by atoms with Crippen molar-refractivity contribution < 1.29 is 9.53 Å². The summed E-state index contributed by atoms with van der Waals surface area (Å²) >= 11 is 0. The first kappa shape index (κ1) is 13.6. The van der Waals surface area contributed by atoms with Gasteiger partial charge in [-0.05, 0) is 25.7 Å². The molecule has 0 aromatic rings. The van der Waals surface area contributed by atoms with Gasteiger partial charge in [-0.2, -0.15) is 0 Å². The smallest absolute Gasteiger partial charge is 0.120 e. The van der Waals surface area contributed by atoms with Crippen LogP contribution in [0, 0.1) is 0 Å². The molecular formula is C12H24O2. The molecule has 0 aromatic heterocycles. The van der Waals surface area contributed by atoms with Crippen molar-refractivity contribution in [3.05, 3.63) is 0 Å². The topological polar surface area (TPSA) is 26.3 Å². The molecule has 0 rings (SSSR count). The second-order valence-electron chi connectivity index (χ2n) is 3.80. The number of aldehydes is 1. The highest BCUT2D eigenvalue weighted by Gasteiger charge is 2.25. The lowest BCUT2D eigenvalue weighted by Crippen LogP contribution is -2.31. The van der Waals surface area contributed by atoms with Gasteiger partial charge in [0.1, 0.15) is 6.29 Å². The number of unbranched alkanes of at least 4 members (excludes halogenated alkanes) is 1. The minimum Gasteiger partial charge on any atom is -0.375 e. The first-order valence-electron chi connectivity index (χ1n) is 5.82. The summed E-state index contributed by atoms with van der Waals surface area (Å²) in [6.45, 7) is 7.27. The molecule has 2 heteroatoms. The fraction of sp³-hybridized carbons (Fsp3) is 0.917. The zero-order valence-corrected chi connectivity index (χ0v) is 9.84. The number of rotatable bonds is 9. The van der Waals surface area contributed by atoms with Crippen LogP contribution < -0.4 is 0 Å². The van der Waals surface area contributed by atoms with E-state index in [1.54, 1.807) is 0 Å². The predicted octanol–water partition coefficient (Wildman–Crippen LogP) is 3.34. The Labute approximate surface area is 88.0 Å². The Morgan fingerprint density at radius 2 is 1.86 bits per heavy atom. The summed E-state index contributed by atoms with van der Waals surface area (Å²) in [7, 11) is 0. The fourth-order valence-corrected chi connectivity index (χ4v) is 1.79. The third-order valence-electron chi connectivity index (χ3n) is 2.87. The zero-order chi connectivity index (χ0) is 10.9. The van der Waals surface area contributed by atoms with Crippen LogP contribution in [0.25, 0.3) is 0 Å². The molecule has 0 aliphatic heterocycles. The lowest BCUT2D eigenvalue weighted by atomic mass is 9.92. The molecule has 0 saturated heterocycles. The highest BCUT2D eigenvalue weighted by molar-refractivity contribution is 5.48. The maximum atomic E-state index is 10.1. The average Bonchev–Trinajstić information content (AvgIpc) is 2.23. The third-order valence-corrected chi connectivity index (χ3v) is 2.87. The van der Waals surface area contributed by atoms with E-state index in [1.165, 1.54) is 0 Å². The lowest BCUT2D eigenvalue weighted by Gasteiger charge is -2.31. The summed E-state index contributed by atoms with van der Waals surface area (Å²) in [5.41, 5.74) is 0.0671. The van der Waals surface area contributed by atoms with Crippen molar-refractivity contribution in [2.45, 2.75) is 64.9 Å². The van der Waals surface area contributed by atoms with E-state index in [0.717, 1.165) is 45.0 Å². The van der Waals surface area contributed by atoms with Crippen LogP contribution in [0.3, 0.4) is 0 Å². The Hall–Kier alpha value is -0.370. The molecule has 0 spiro atoms. The van der Waals surface area contributed by atoms with Crippen LogP contribution in [0.15, 0.2) is 0 Å². The van der Waals surface area contributed by atoms with Crippen molar-refractivity contribution in [3.63, 3.8) is 0 Å². The van der Waals surface area contributed by atoms with Crippen LogP contribution >= 0.6 is 0 Å². The van der Waals surface area contributed by atoms with Gasteiger partial charge in [-0.3, -0.25) is 0 Å². The quantitative estimate of drug-likeness (QED) is 0.421. The zero-order valence-electron chi connectivity index (χ0n) is 9.84. The maximum Gasteiger partial charge on any atom is 0.120 e. The van der Waals surface area contributed by atoms with E-state index in [-0.39, 0.29) is 5.60 Å².